The van der Waals surface area contributed by atoms with E-state index in [0.29, 0.717) is 10.9 Å². The average Bonchev–Trinajstić information content (AvgIpc) is 3.44. The highest BCUT2D eigenvalue weighted by Crippen LogP contribution is 2.43. The maximum absolute atomic E-state index is 11.3. The fraction of sp³-hybridized carbons (Fsp3) is 0.148. The summed E-state index contributed by atoms with van der Waals surface area (Å²) in [6, 6.07) is 22.5. The van der Waals surface area contributed by atoms with Crippen molar-refractivity contribution in [1.82, 2.24) is 10.3 Å². The first kappa shape index (κ1) is 21.9. The van der Waals surface area contributed by atoms with Crippen LogP contribution in [0.5, 0.6) is 0 Å². The lowest BCUT2D eigenvalue weighted by Gasteiger charge is -2.26. The van der Waals surface area contributed by atoms with E-state index in [0.717, 1.165) is 28.3 Å². The van der Waals surface area contributed by atoms with Gasteiger partial charge in [0, 0.05) is 17.4 Å². The molecule has 1 aliphatic heterocycles. The summed E-state index contributed by atoms with van der Waals surface area (Å²) in [5, 5.41) is 13.3. The van der Waals surface area contributed by atoms with Crippen molar-refractivity contribution in [2.45, 2.75) is 25.9 Å². The van der Waals surface area contributed by atoms with Crippen LogP contribution in [0.2, 0.25) is 0 Å². The molecule has 1 saturated heterocycles. The van der Waals surface area contributed by atoms with Crippen LogP contribution in [-0.2, 0) is 0 Å². The number of nitrogens with zero attached hydrogens (tertiary/aromatic N) is 2. The minimum absolute atomic E-state index is 0.204. The Labute approximate surface area is 202 Å². The number of carbonyl (C=O) groups is 1. The number of rotatable bonds is 5. The number of anilines is 1. The maximum atomic E-state index is 11.3. The Kier molecular flexibility index (Phi) is 5.63. The molecule has 2 aromatic heterocycles. The maximum Gasteiger partial charge on any atom is 0.335 e. The van der Waals surface area contributed by atoms with Crippen LogP contribution in [-0.4, -0.2) is 21.2 Å². The number of nitrogens with one attached hydrogen (secondary N) is 1. The Morgan fingerprint density at radius 1 is 1.06 bits per heavy atom. The molecule has 2 N–H and O–H groups in total. The summed E-state index contributed by atoms with van der Waals surface area (Å²) < 4.78 is 6.39. The van der Waals surface area contributed by atoms with E-state index in [2.05, 4.69) is 46.4 Å². The molecule has 0 saturated carbocycles. The third-order valence-corrected chi connectivity index (χ3v) is 6.38. The van der Waals surface area contributed by atoms with Crippen molar-refractivity contribution in [3.05, 3.63) is 107 Å². The Morgan fingerprint density at radius 2 is 1.85 bits per heavy atom. The molecular weight excluding hydrogens is 446 g/mol. The van der Waals surface area contributed by atoms with E-state index in [4.69, 9.17) is 16.6 Å². The highest BCUT2D eigenvalue weighted by molar-refractivity contribution is 7.80. The van der Waals surface area contributed by atoms with Crippen molar-refractivity contribution >= 4 is 29.0 Å². The van der Waals surface area contributed by atoms with Crippen LogP contribution in [0.3, 0.4) is 0 Å². The quantitative estimate of drug-likeness (QED) is 0.356. The second-order valence-electron chi connectivity index (χ2n) is 8.37. The molecule has 34 heavy (non-hydrogen) atoms. The van der Waals surface area contributed by atoms with E-state index in [1.807, 2.05) is 37.3 Å². The largest absolute Gasteiger partial charge is 0.478 e. The molecule has 0 unspecified atom stereocenters. The first-order valence-corrected chi connectivity index (χ1v) is 11.3. The molecule has 1 fully saturated rings. The van der Waals surface area contributed by atoms with Gasteiger partial charge in [-0.25, -0.2) is 4.79 Å². The fourth-order valence-electron chi connectivity index (χ4n) is 4.36. The van der Waals surface area contributed by atoms with Crippen molar-refractivity contribution in [2.24, 2.45) is 0 Å². The van der Waals surface area contributed by atoms with Crippen molar-refractivity contribution in [2.75, 3.05) is 4.90 Å². The number of aromatic carboxylic acids is 1. The SMILES string of the molecule is Cc1ccc(N2C(=S)N[C@@H](c3ccccn3)[C@H]2c2ccc(-c3ccc(C(=O)O)cc3C)o2)cc1. The van der Waals surface area contributed by atoms with Crippen LogP contribution >= 0.6 is 12.2 Å². The van der Waals surface area contributed by atoms with Gasteiger partial charge in [-0.15, -0.1) is 0 Å². The number of benzene rings is 2. The lowest BCUT2D eigenvalue weighted by atomic mass is 10.0. The standard InChI is InChI=1S/C27H23N3O3S/c1-16-6-9-19(10-7-16)30-25(24(29-27(30)34)21-5-3-4-14-28-21)23-13-12-22(33-23)20-11-8-18(26(31)32)15-17(20)2/h3-15,24-25H,1-2H3,(H,29,34)(H,31,32)/t24-,25+/m0/s1. The van der Waals surface area contributed by atoms with Crippen LogP contribution < -0.4 is 10.2 Å². The number of hydrogen-bond donors (Lipinski definition) is 2. The normalized spacial score (nSPS) is 17.6. The van der Waals surface area contributed by atoms with Gasteiger partial charge < -0.3 is 19.7 Å². The predicted molar refractivity (Wildman–Crippen MR) is 135 cm³/mol. The average molecular weight is 470 g/mol. The Balaban J connectivity index is 1.58. The van der Waals surface area contributed by atoms with Crippen molar-refractivity contribution in [3.63, 3.8) is 0 Å². The molecule has 7 heteroatoms. The number of thiocarbonyl (C=S) groups is 1. The lowest BCUT2D eigenvalue weighted by molar-refractivity contribution is 0.0697. The van der Waals surface area contributed by atoms with Gasteiger partial charge in [0.15, 0.2) is 5.11 Å². The van der Waals surface area contributed by atoms with Gasteiger partial charge in [-0.2, -0.15) is 0 Å². The van der Waals surface area contributed by atoms with Gasteiger partial charge in [-0.1, -0.05) is 29.8 Å². The molecule has 0 aliphatic carbocycles. The van der Waals surface area contributed by atoms with E-state index < -0.39 is 5.97 Å². The zero-order chi connectivity index (χ0) is 23.8. The Hall–Kier alpha value is -3.97. The topological polar surface area (TPSA) is 78.6 Å². The van der Waals surface area contributed by atoms with Gasteiger partial charge in [0.2, 0.25) is 0 Å². The van der Waals surface area contributed by atoms with Gasteiger partial charge in [-0.3, -0.25) is 4.98 Å². The molecule has 5 rings (SSSR count). The zero-order valence-electron chi connectivity index (χ0n) is 18.7. The summed E-state index contributed by atoms with van der Waals surface area (Å²) in [4.78, 5) is 18.0. The zero-order valence-corrected chi connectivity index (χ0v) is 19.5. The van der Waals surface area contributed by atoms with Crippen LogP contribution in [0.4, 0.5) is 5.69 Å². The Morgan fingerprint density at radius 3 is 2.53 bits per heavy atom. The number of aryl methyl sites for hydroxylation is 2. The molecular formula is C27H23N3O3S. The summed E-state index contributed by atoms with van der Waals surface area (Å²) in [7, 11) is 0. The van der Waals surface area contributed by atoms with E-state index in [-0.39, 0.29) is 17.6 Å². The van der Waals surface area contributed by atoms with Gasteiger partial charge in [0.1, 0.15) is 17.6 Å². The van der Waals surface area contributed by atoms with Gasteiger partial charge in [0.05, 0.1) is 17.3 Å². The Bertz CT molecular complexity index is 1370. The predicted octanol–water partition coefficient (Wildman–Crippen LogP) is 5.83. The van der Waals surface area contributed by atoms with Crippen molar-refractivity contribution in [3.8, 4) is 11.3 Å². The number of hydrogen-bond acceptors (Lipinski definition) is 4. The van der Waals surface area contributed by atoms with E-state index >= 15 is 0 Å². The summed E-state index contributed by atoms with van der Waals surface area (Å²) in [5.74, 6) is 0.457. The second kappa shape index (κ2) is 8.76. The smallest absolute Gasteiger partial charge is 0.335 e. The number of carboxylic acids is 1. The molecule has 2 atom stereocenters. The van der Waals surface area contributed by atoms with Crippen molar-refractivity contribution in [1.29, 1.82) is 0 Å². The third kappa shape index (κ3) is 3.95. The first-order valence-electron chi connectivity index (χ1n) is 10.9. The minimum Gasteiger partial charge on any atom is -0.478 e. The molecule has 0 radical (unpaired) electrons. The number of pyridine rings is 1. The fourth-order valence-corrected chi connectivity index (χ4v) is 4.70. The molecule has 3 heterocycles. The molecule has 0 amide bonds. The second-order valence-corrected chi connectivity index (χ2v) is 8.76. The van der Waals surface area contributed by atoms with Crippen molar-refractivity contribution < 1.29 is 14.3 Å². The highest BCUT2D eigenvalue weighted by Gasteiger charge is 2.42. The van der Waals surface area contributed by atoms with Gasteiger partial charge in [0.25, 0.3) is 0 Å². The van der Waals surface area contributed by atoms with E-state index in [1.54, 1.807) is 24.4 Å². The van der Waals surface area contributed by atoms with Crippen LogP contribution in [0.15, 0.2) is 83.4 Å². The summed E-state index contributed by atoms with van der Waals surface area (Å²) in [6.07, 6.45) is 1.77. The lowest BCUT2D eigenvalue weighted by Crippen LogP contribution is -2.29. The van der Waals surface area contributed by atoms with Gasteiger partial charge >= 0.3 is 5.97 Å². The molecule has 0 bridgehead atoms. The monoisotopic (exact) mass is 469 g/mol. The molecule has 6 nitrogen and oxygen atoms in total. The number of aromatic nitrogens is 1. The molecule has 170 valence electrons. The van der Waals surface area contributed by atoms with E-state index in [1.165, 1.54) is 5.56 Å². The summed E-state index contributed by atoms with van der Waals surface area (Å²) >= 11 is 5.76. The molecule has 4 aromatic rings. The first-order chi connectivity index (χ1) is 16.4. The summed E-state index contributed by atoms with van der Waals surface area (Å²) in [6.45, 7) is 3.93. The van der Waals surface area contributed by atoms with E-state index in [9.17, 15) is 9.90 Å². The third-order valence-electron chi connectivity index (χ3n) is 6.07. The number of carboxylic acid groups (broad SMARTS) is 1. The molecule has 2 aromatic carbocycles. The highest BCUT2D eigenvalue weighted by atomic mass is 32.1. The van der Waals surface area contributed by atoms with Crippen LogP contribution in [0.1, 0.15) is 45.0 Å². The summed E-state index contributed by atoms with van der Waals surface area (Å²) in [5.41, 5.74) is 4.92. The molecule has 1 aliphatic rings. The van der Waals surface area contributed by atoms with Crippen LogP contribution in [0.25, 0.3) is 11.3 Å². The van der Waals surface area contributed by atoms with Crippen LogP contribution in [0, 0.1) is 13.8 Å². The van der Waals surface area contributed by atoms with Gasteiger partial charge in [-0.05, 0) is 80.2 Å². The molecule has 0 spiro atoms. The minimum atomic E-state index is -0.952. The number of furan rings is 1.